The van der Waals surface area contributed by atoms with E-state index in [0.717, 1.165) is 19.3 Å². The molecule has 2 aliphatic heterocycles. The number of halogens is 1. The number of hydrogen-bond donors (Lipinski definition) is 2. The van der Waals surface area contributed by atoms with Crippen LogP contribution >= 0.6 is 11.6 Å². The summed E-state index contributed by atoms with van der Waals surface area (Å²) in [4.78, 5) is 16.8. The molecule has 0 spiro atoms. The molecule has 2 N–H and O–H groups in total. The number of nitrogens with one attached hydrogen (secondary N) is 2. The zero-order valence-corrected chi connectivity index (χ0v) is 16.6. The number of sulfonamides is 1. The van der Waals surface area contributed by atoms with Gasteiger partial charge in [-0.15, -0.1) is 5.10 Å². The number of rotatable bonds is 4. The van der Waals surface area contributed by atoms with Crippen molar-refractivity contribution in [1.82, 2.24) is 15.2 Å². The van der Waals surface area contributed by atoms with Gasteiger partial charge in [-0.1, -0.05) is 11.6 Å². The van der Waals surface area contributed by atoms with E-state index in [1.54, 1.807) is 6.07 Å². The fourth-order valence-corrected chi connectivity index (χ4v) is 5.25. The molecule has 2 aromatic rings. The van der Waals surface area contributed by atoms with Crippen molar-refractivity contribution in [2.24, 2.45) is 0 Å². The lowest BCUT2D eigenvalue weighted by Gasteiger charge is -2.28. The monoisotopic (exact) mass is 425 g/mol. The summed E-state index contributed by atoms with van der Waals surface area (Å²) >= 11 is 6.26. The Morgan fingerprint density at radius 1 is 1.32 bits per heavy atom. The number of carbonyl (C=O) groups is 1. The fraction of sp³-hybridized carbons (Fsp3) is 0.471. The highest BCUT2D eigenvalue weighted by atomic mass is 35.5. The number of carbonyl (C=O) groups excluding carboxylic acids is 1. The summed E-state index contributed by atoms with van der Waals surface area (Å²) in [7, 11) is -3.34. The van der Waals surface area contributed by atoms with Crippen molar-refractivity contribution in [2.45, 2.75) is 31.8 Å². The maximum atomic E-state index is 12.5. The Bertz CT molecular complexity index is 987. The lowest BCUT2D eigenvalue weighted by Crippen LogP contribution is -2.37. The number of benzene rings is 1. The maximum Gasteiger partial charge on any atom is 0.259 e. The van der Waals surface area contributed by atoms with E-state index in [4.69, 9.17) is 16.3 Å². The quantitative estimate of drug-likeness (QED) is 0.777. The Balaban J connectivity index is 1.49. The van der Waals surface area contributed by atoms with Gasteiger partial charge in [0, 0.05) is 13.2 Å². The van der Waals surface area contributed by atoms with E-state index in [0.29, 0.717) is 31.1 Å². The molecule has 150 valence electrons. The van der Waals surface area contributed by atoms with Crippen LogP contribution in [0.15, 0.2) is 18.2 Å². The van der Waals surface area contributed by atoms with Gasteiger partial charge in [0.15, 0.2) is 5.82 Å². The summed E-state index contributed by atoms with van der Waals surface area (Å²) in [6.45, 7) is 1.09. The lowest BCUT2D eigenvalue weighted by atomic mass is 10.2. The van der Waals surface area contributed by atoms with E-state index in [-0.39, 0.29) is 28.4 Å². The van der Waals surface area contributed by atoms with E-state index in [1.807, 2.05) is 0 Å². The summed E-state index contributed by atoms with van der Waals surface area (Å²) in [5.41, 5.74) is 0.670. The molecule has 0 unspecified atom stereocenters. The van der Waals surface area contributed by atoms with Gasteiger partial charge in [0.2, 0.25) is 16.0 Å². The summed E-state index contributed by atoms with van der Waals surface area (Å²) in [6, 6.07) is 4.58. The Kier molecular flexibility index (Phi) is 5.26. The molecule has 28 heavy (non-hydrogen) atoms. The number of hydrogen-bond acceptors (Lipinski definition) is 6. The number of H-pyrrole nitrogens is 1. The topological polar surface area (TPSA) is 117 Å². The second-order valence-electron chi connectivity index (χ2n) is 6.76. The van der Waals surface area contributed by atoms with Gasteiger partial charge in [-0.25, -0.2) is 8.42 Å². The SMILES string of the molecule is O=C(Nc1n[nH]c([C@@H]2CCCO2)n1)c1ccc(N2CCCCS2(=O)=O)cc1Cl. The standard InChI is InChI=1S/C17H20ClN5O4S/c18-13-10-11(23-7-1-2-9-28(23,25)26)5-6-12(13)16(24)20-17-19-15(21-22-17)14-4-3-8-27-14/h5-6,10,14H,1-4,7-9H2,(H2,19,20,21,22,24)/t14-/m0/s1. The zero-order chi connectivity index (χ0) is 19.7. The first-order chi connectivity index (χ1) is 13.4. The molecular weight excluding hydrogens is 406 g/mol. The molecule has 4 rings (SSSR count). The molecule has 2 aliphatic rings. The third kappa shape index (κ3) is 3.85. The van der Waals surface area contributed by atoms with Crippen molar-refractivity contribution in [3.63, 3.8) is 0 Å². The van der Waals surface area contributed by atoms with Crippen molar-refractivity contribution in [3.8, 4) is 0 Å². The van der Waals surface area contributed by atoms with Gasteiger partial charge < -0.3 is 4.74 Å². The van der Waals surface area contributed by atoms with E-state index in [1.165, 1.54) is 16.4 Å². The maximum absolute atomic E-state index is 12.5. The number of amides is 1. The van der Waals surface area contributed by atoms with Crippen LogP contribution in [0.4, 0.5) is 11.6 Å². The number of ether oxygens (including phenoxy) is 1. The number of nitrogens with zero attached hydrogens (tertiary/aromatic N) is 3. The average Bonchev–Trinajstić information content (AvgIpc) is 3.32. The van der Waals surface area contributed by atoms with Gasteiger partial charge in [-0.05, 0) is 43.9 Å². The fourth-order valence-electron chi connectivity index (χ4n) is 3.36. The molecule has 1 atom stereocenters. The molecule has 0 radical (unpaired) electrons. The Hall–Kier alpha value is -2.17. The predicted molar refractivity (Wildman–Crippen MR) is 104 cm³/mol. The summed E-state index contributed by atoms with van der Waals surface area (Å²) in [6.07, 6.45) is 3.12. The first kappa shape index (κ1) is 19.2. The van der Waals surface area contributed by atoms with Crippen LogP contribution in [0.25, 0.3) is 0 Å². The molecule has 9 nitrogen and oxygen atoms in total. The van der Waals surface area contributed by atoms with Crippen molar-refractivity contribution in [2.75, 3.05) is 28.5 Å². The van der Waals surface area contributed by atoms with Crippen LogP contribution in [0.5, 0.6) is 0 Å². The second-order valence-corrected chi connectivity index (χ2v) is 9.18. The third-order valence-corrected chi connectivity index (χ3v) is 6.98. The second kappa shape index (κ2) is 7.69. The number of aromatic nitrogens is 3. The van der Waals surface area contributed by atoms with Crippen LogP contribution in [0.1, 0.15) is 48.0 Å². The van der Waals surface area contributed by atoms with Crippen molar-refractivity contribution in [1.29, 1.82) is 0 Å². The van der Waals surface area contributed by atoms with Crippen LogP contribution < -0.4 is 9.62 Å². The highest BCUT2D eigenvalue weighted by Gasteiger charge is 2.27. The first-order valence-corrected chi connectivity index (χ1v) is 11.1. The highest BCUT2D eigenvalue weighted by Crippen LogP contribution is 2.29. The van der Waals surface area contributed by atoms with Crippen molar-refractivity contribution in [3.05, 3.63) is 34.6 Å². The minimum absolute atomic E-state index is 0.116. The molecule has 0 bridgehead atoms. The van der Waals surface area contributed by atoms with Gasteiger partial charge in [0.1, 0.15) is 6.10 Å². The van der Waals surface area contributed by atoms with Crippen molar-refractivity contribution >= 4 is 39.2 Å². The number of anilines is 2. The molecule has 0 aliphatic carbocycles. The van der Waals surface area contributed by atoms with Crippen LogP contribution in [0.3, 0.4) is 0 Å². The van der Waals surface area contributed by atoms with Gasteiger partial charge >= 0.3 is 0 Å². The van der Waals surface area contributed by atoms with E-state index >= 15 is 0 Å². The molecular formula is C17H20ClN5O4S. The molecule has 1 aromatic heterocycles. The zero-order valence-electron chi connectivity index (χ0n) is 15.0. The molecule has 3 heterocycles. The molecule has 0 saturated carbocycles. The minimum Gasteiger partial charge on any atom is -0.370 e. The first-order valence-electron chi connectivity index (χ1n) is 9.09. The van der Waals surface area contributed by atoms with E-state index in [2.05, 4.69) is 20.5 Å². The van der Waals surface area contributed by atoms with Crippen LogP contribution in [-0.2, 0) is 14.8 Å². The summed E-state index contributed by atoms with van der Waals surface area (Å²) < 4.78 is 31.3. The Labute approximate surface area is 167 Å². The highest BCUT2D eigenvalue weighted by molar-refractivity contribution is 7.92. The molecule has 11 heteroatoms. The van der Waals surface area contributed by atoms with Gasteiger partial charge in [0.25, 0.3) is 5.91 Å². The van der Waals surface area contributed by atoms with Gasteiger partial charge in [-0.3, -0.25) is 19.5 Å². The molecule has 1 amide bonds. The van der Waals surface area contributed by atoms with E-state index in [9.17, 15) is 13.2 Å². The summed E-state index contributed by atoms with van der Waals surface area (Å²) in [5, 5.41) is 9.51. The van der Waals surface area contributed by atoms with Crippen LogP contribution in [0.2, 0.25) is 5.02 Å². The van der Waals surface area contributed by atoms with Crippen LogP contribution in [0, 0.1) is 0 Å². The normalized spacial score (nSPS) is 21.6. The molecule has 2 saturated heterocycles. The molecule has 2 fully saturated rings. The third-order valence-electron chi connectivity index (χ3n) is 4.80. The predicted octanol–water partition coefficient (Wildman–Crippen LogP) is 2.49. The van der Waals surface area contributed by atoms with Crippen molar-refractivity contribution < 1.29 is 17.9 Å². The lowest BCUT2D eigenvalue weighted by molar-refractivity contribution is 0.102. The van der Waals surface area contributed by atoms with Gasteiger partial charge in [0.05, 0.1) is 22.0 Å². The smallest absolute Gasteiger partial charge is 0.259 e. The molecule has 1 aromatic carbocycles. The Morgan fingerprint density at radius 3 is 2.89 bits per heavy atom. The van der Waals surface area contributed by atoms with Gasteiger partial charge in [-0.2, -0.15) is 4.98 Å². The van der Waals surface area contributed by atoms with Crippen LogP contribution in [-0.4, -0.2) is 48.4 Å². The number of aromatic amines is 1. The summed E-state index contributed by atoms with van der Waals surface area (Å²) in [5.74, 6) is 0.347. The minimum atomic E-state index is -3.34. The largest absolute Gasteiger partial charge is 0.370 e. The van der Waals surface area contributed by atoms with E-state index < -0.39 is 15.9 Å². The average molecular weight is 426 g/mol. The Morgan fingerprint density at radius 2 is 2.18 bits per heavy atom.